The molecule has 51 heavy (non-hydrogen) atoms. The zero-order chi connectivity index (χ0) is 50.3. The first-order valence-electron chi connectivity index (χ1n) is 25.1. The Labute approximate surface area is 321 Å². The summed E-state index contributed by atoms with van der Waals surface area (Å²) in [4.78, 5) is 13.9. The summed E-state index contributed by atoms with van der Waals surface area (Å²) in [6.45, 7) is 0. The number of nitrogens with zero attached hydrogens (tertiary/aromatic N) is 3. The van der Waals surface area contributed by atoms with Gasteiger partial charge < -0.3 is 4.42 Å². The van der Waals surface area contributed by atoms with Crippen LogP contribution in [0.1, 0.15) is 26.0 Å². The number of rotatable bonds is 5. The second-order valence-electron chi connectivity index (χ2n) is 11.3. The fourth-order valence-corrected chi connectivity index (χ4v) is 6.07. The molecule has 0 aliphatic heterocycles. The highest BCUT2D eigenvalue weighted by Crippen LogP contribution is 2.41. The normalized spacial score (nSPS) is 16.7. The number of hydrogen-bond acceptors (Lipinski definition) is 4. The van der Waals surface area contributed by atoms with E-state index >= 15 is 0 Å². The highest BCUT2D eigenvalue weighted by molar-refractivity contribution is 6.15. The zero-order valence-electron chi connectivity index (χ0n) is 45.0. The van der Waals surface area contributed by atoms with Gasteiger partial charge in [-0.25, -0.2) is 15.0 Å². The Morgan fingerprint density at radius 3 is 1.82 bits per heavy atom. The van der Waals surface area contributed by atoms with Gasteiger partial charge >= 0.3 is 0 Å². The summed E-state index contributed by atoms with van der Waals surface area (Å²) in [6.07, 6.45) is 0. The first kappa shape index (κ1) is 15.8. The molecule has 4 nitrogen and oxygen atoms in total. The van der Waals surface area contributed by atoms with Gasteiger partial charge in [0.25, 0.3) is 0 Å². The molecule has 0 fully saturated rings. The van der Waals surface area contributed by atoms with Crippen LogP contribution in [0, 0.1) is 0 Å². The van der Waals surface area contributed by atoms with Crippen LogP contribution in [-0.4, -0.2) is 15.0 Å². The van der Waals surface area contributed by atoms with Gasteiger partial charge in [0.2, 0.25) is 0 Å². The van der Waals surface area contributed by atoms with Crippen molar-refractivity contribution in [2.24, 2.45) is 0 Å². The standard InChI is InChI=1S/C47H29N3O/c1-3-11-30(12-4-1)31-21-23-33(24-22-31)38-17-9-18-39-43-40(19-10-20-42(43)51-44(38)39)47-49-45(35-14-5-2-6-15-35)48-46(50-47)36-28-27-34-26-25-32-13-7-8-16-37(32)41(34)29-36/h1-29H/i1D,2D,3D,4D,5D,6D,7D,8D,11D,12D,13D,14D,15D,16D,25D,26D,27D,28D,29D. The summed E-state index contributed by atoms with van der Waals surface area (Å²) < 4.78 is 170. The van der Waals surface area contributed by atoms with Crippen molar-refractivity contribution >= 4 is 43.5 Å². The molecule has 0 unspecified atom stereocenters. The van der Waals surface area contributed by atoms with Crippen molar-refractivity contribution in [3.8, 4) is 56.4 Å². The lowest BCUT2D eigenvalue weighted by Gasteiger charge is -2.10. The Morgan fingerprint density at radius 1 is 0.412 bits per heavy atom. The van der Waals surface area contributed by atoms with Gasteiger partial charge in [-0.1, -0.05) is 163 Å². The first-order chi connectivity index (χ1) is 33.2. The molecule has 0 atom stereocenters. The van der Waals surface area contributed by atoms with Crippen LogP contribution >= 0.6 is 0 Å². The molecule has 238 valence electrons. The molecular formula is C47H29N3O. The smallest absolute Gasteiger partial charge is 0.164 e. The molecule has 0 saturated carbocycles. The number of para-hydroxylation sites is 1. The minimum atomic E-state index is -0.719. The molecule has 0 spiro atoms. The van der Waals surface area contributed by atoms with Crippen LogP contribution in [0.25, 0.3) is 99.9 Å². The fourth-order valence-electron chi connectivity index (χ4n) is 6.07. The van der Waals surface area contributed by atoms with Crippen molar-refractivity contribution in [1.29, 1.82) is 0 Å². The third kappa shape index (κ3) is 5.04. The summed E-state index contributed by atoms with van der Waals surface area (Å²) >= 11 is 0. The van der Waals surface area contributed by atoms with Gasteiger partial charge in [0.1, 0.15) is 11.2 Å². The van der Waals surface area contributed by atoms with Crippen LogP contribution in [0.2, 0.25) is 0 Å². The Hall–Kier alpha value is -6.91. The van der Waals surface area contributed by atoms with Gasteiger partial charge in [0.15, 0.2) is 17.5 Å². The van der Waals surface area contributed by atoms with Crippen LogP contribution in [0.15, 0.2) is 180 Å². The predicted octanol–water partition coefficient (Wildman–Crippen LogP) is 12.4. The van der Waals surface area contributed by atoms with Crippen LogP contribution in [-0.2, 0) is 0 Å². The van der Waals surface area contributed by atoms with Crippen molar-refractivity contribution < 1.29 is 30.5 Å². The Kier molecular flexibility index (Phi) is 3.68. The summed E-state index contributed by atoms with van der Waals surface area (Å²) in [5.41, 5.74) is 1.64. The molecule has 10 rings (SSSR count). The number of aromatic nitrogens is 3. The summed E-state index contributed by atoms with van der Waals surface area (Å²) in [7, 11) is 0. The van der Waals surface area contributed by atoms with Crippen molar-refractivity contribution in [2.75, 3.05) is 0 Å². The van der Waals surface area contributed by atoms with Crippen molar-refractivity contribution in [1.82, 2.24) is 15.0 Å². The van der Waals surface area contributed by atoms with Crippen LogP contribution in [0.3, 0.4) is 0 Å². The average Bonchev–Trinajstić information content (AvgIpc) is 3.74. The van der Waals surface area contributed by atoms with Crippen LogP contribution in [0.4, 0.5) is 0 Å². The molecule has 4 heteroatoms. The second-order valence-corrected chi connectivity index (χ2v) is 11.3. The molecule has 0 aliphatic rings. The van der Waals surface area contributed by atoms with Crippen molar-refractivity contribution in [3.63, 3.8) is 0 Å². The highest BCUT2D eigenvalue weighted by Gasteiger charge is 2.20. The molecule has 0 N–H and O–H groups in total. The highest BCUT2D eigenvalue weighted by atomic mass is 16.3. The molecule has 10 aromatic rings. The lowest BCUT2D eigenvalue weighted by molar-refractivity contribution is 0.670. The van der Waals surface area contributed by atoms with E-state index in [1.165, 1.54) is 0 Å². The Morgan fingerprint density at radius 2 is 1.02 bits per heavy atom. The van der Waals surface area contributed by atoms with E-state index in [9.17, 15) is 2.74 Å². The van der Waals surface area contributed by atoms with Crippen LogP contribution in [0.5, 0.6) is 0 Å². The minimum Gasteiger partial charge on any atom is -0.455 e. The van der Waals surface area contributed by atoms with E-state index < -0.39 is 131 Å². The molecule has 0 saturated heterocycles. The largest absolute Gasteiger partial charge is 0.455 e. The average molecular weight is 671 g/mol. The molecular weight excluding hydrogens is 623 g/mol. The molecule has 0 bridgehead atoms. The number of fused-ring (bicyclic) bond motifs is 6. The Balaban J connectivity index is 1.24. The second kappa shape index (κ2) is 11.9. The molecule has 0 amide bonds. The number of hydrogen-bond donors (Lipinski definition) is 0. The summed E-state index contributed by atoms with van der Waals surface area (Å²) in [5, 5.41) is -0.548. The molecule has 2 aromatic heterocycles. The van der Waals surface area contributed by atoms with Gasteiger partial charge in [-0.2, -0.15) is 0 Å². The third-order valence-electron chi connectivity index (χ3n) is 8.39. The van der Waals surface area contributed by atoms with E-state index in [1.807, 2.05) is 0 Å². The maximum absolute atomic E-state index is 9.60. The zero-order valence-corrected chi connectivity index (χ0v) is 26.0. The first-order valence-corrected chi connectivity index (χ1v) is 15.6. The number of furan rings is 1. The van der Waals surface area contributed by atoms with E-state index in [1.54, 1.807) is 60.7 Å². The monoisotopic (exact) mass is 670 g/mol. The Bertz CT molecular complexity index is 3950. The molecule has 8 aromatic carbocycles. The number of benzene rings is 8. The SMILES string of the molecule is [2H]c1c([2H])c([2H])c(-c2ccc(-c3cccc4c3oc3cccc(-c5nc(-c6c([2H])c([2H])c([2H])c([2H])c6[2H])nc(-c6c([2H])c([2H])c7c([2H])c([2H])c8c([2H])c([2H])c([2H])c([2H])c8c7c6[2H])n5)c34)cc2)c([2H])c1[2H]. The maximum atomic E-state index is 9.60. The fraction of sp³-hybridized carbons (Fsp3) is 0. The van der Waals surface area contributed by atoms with Crippen molar-refractivity contribution in [3.05, 3.63) is 175 Å². The van der Waals surface area contributed by atoms with E-state index in [-0.39, 0.29) is 45.2 Å². The summed E-state index contributed by atoms with van der Waals surface area (Å²) in [6, 6.07) is 5.18. The lowest BCUT2D eigenvalue weighted by Crippen LogP contribution is -2.00. The van der Waals surface area contributed by atoms with Gasteiger partial charge in [-0.05, 0) is 50.3 Å². The molecule has 0 radical (unpaired) electrons. The third-order valence-corrected chi connectivity index (χ3v) is 8.39. The van der Waals surface area contributed by atoms with Crippen molar-refractivity contribution in [2.45, 2.75) is 0 Å². The van der Waals surface area contributed by atoms with E-state index in [2.05, 4.69) is 9.97 Å². The van der Waals surface area contributed by atoms with Gasteiger partial charge in [-0.3, -0.25) is 0 Å². The maximum Gasteiger partial charge on any atom is 0.164 e. The quantitative estimate of drug-likeness (QED) is 0.171. The molecule has 0 aliphatic carbocycles. The minimum absolute atomic E-state index is 0.0332. The molecule has 2 heterocycles. The van der Waals surface area contributed by atoms with Gasteiger partial charge in [-0.15, -0.1) is 0 Å². The van der Waals surface area contributed by atoms with Gasteiger partial charge in [0, 0.05) is 33.0 Å². The van der Waals surface area contributed by atoms with Crippen LogP contribution < -0.4 is 0 Å². The summed E-state index contributed by atoms with van der Waals surface area (Å²) in [5.74, 6) is -1.19. The van der Waals surface area contributed by atoms with E-state index in [0.29, 0.717) is 38.6 Å². The van der Waals surface area contributed by atoms with E-state index in [4.69, 9.17) is 32.7 Å². The van der Waals surface area contributed by atoms with E-state index in [0.717, 1.165) is 0 Å². The van der Waals surface area contributed by atoms with Gasteiger partial charge in [0.05, 0.1) is 26.0 Å². The lowest BCUT2D eigenvalue weighted by atomic mass is 9.98. The predicted molar refractivity (Wildman–Crippen MR) is 209 cm³/mol. The topological polar surface area (TPSA) is 51.8 Å².